The van der Waals surface area contributed by atoms with Gasteiger partial charge in [-0.1, -0.05) is 36.9 Å². The van der Waals surface area contributed by atoms with Crippen molar-refractivity contribution in [3.8, 4) is 0 Å². The summed E-state index contributed by atoms with van der Waals surface area (Å²) in [5, 5.41) is 9.33. The molecule has 0 unspecified atom stereocenters. The van der Waals surface area contributed by atoms with E-state index in [9.17, 15) is 14.3 Å². The fourth-order valence-electron chi connectivity index (χ4n) is 3.26. The number of nitrogens with zero attached hydrogens (tertiary/aromatic N) is 1. The number of halogens is 2. The largest absolute Gasteiger partial charge is 0.481 e. The molecule has 0 amide bonds. The van der Waals surface area contributed by atoms with Crippen LogP contribution in [0.4, 0.5) is 4.39 Å². The predicted octanol–water partition coefficient (Wildman–Crippen LogP) is 4.09. The molecule has 2 rings (SSSR count). The maximum absolute atomic E-state index is 13.5. The molecule has 1 N–H and O–H groups in total. The van der Waals surface area contributed by atoms with Gasteiger partial charge >= 0.3 is 5.97 Å². The average molecular weight is 314 g/mol. The number of benzene rings is 1. The van der Waals surface area contributed by atoms with E-state index in [4.69, 9.17) is 11.6 Å². The minimum Gasteiger partial charge on any atom is -0.481 e. The summed E-state index contributed by atoms with van der Waals surface area (Å²) in [5.74, 6) is -1.20. The van der Waals surface area contributed by atoms with Crippen LogP contribution in [-0.2, 0) is 11.3 Å². The van der Waals surface area contributed by atoms with E-state index in [1.165, 1.54) is 6.07 Å². The molecule has 0 radical (unpaired) electrons. The Hall–Kier alpha value is -1.13. The lowest BCUT2D eigenvalue weighted by molar-refractivity contribution is -0.141. The fraction of sp³-hybridized carbons (Fsp3) is 0.562. The van der Waals surface area contributed by atoms with Gasteiger partial charge in [-0.05, 0) is 37.6 Å². The Kier molecular flexibility index (Phi) is 5.22. The van der Waals surface area contributed by atoms with Crippen LogP contribution in [0.1, 0.15) is 44.1 Å². The van der Waals surface area contributed by atoms with E-state index in [-0.39, 0.29) is 17.0 Å². The van der Waals surface area contributed by atoms with Gasteiger partial charge in [0.05, 0.1) is 11.4 Å². The van der Waals surface area contributed by atoms with Crippen molar-refractivity contribution in [2.45, 2.75) is 50.6 Å². The highest BCUT2D eigenvalue weighted by Gasteiger charge is 2.38. The Balaban J connectivity index is 2.15. The molecular weight excluding hydrogens is 293 g/mol. The van der Waals surface area contributed by atoms with E-state index in [1.807, 2.05) is 7.05 Å². The lowest BCUT2D eigenvalue weighted by atomic mass is 9.78. The quantitative estimate of drug-likeness (QED) is 0.890. The maximum Gasteiger partial charge on any atom is 0.305 e. The SMILES string of the molecule is CN(Cc1ccc(Cl)c(F)c1)C1(CC(=O)O)CCCCC1. The van der Waals surface area contributed by atoms with Crippen LogP contribution < -0.4 is 0 Å². The first kappa shape index (κ1) is 16.2. The molecule has 0 bridgehead atoms. The summed E-state index contributed by atoms with van der Waals surface area (Å²) in [7, 11) is 1.93. The van der Waals surface area contributed by atoms with Gasteiger partial charge in [-0.3, -0.25) is 9.69 Å². The molecular formula is C16H21ClFNO2. The van der Waals surface area contributed by atoms with E-state index in [0.29, 0.717) is 6.54 Å². The monoisotopic (exact) mass is 313 g/mol. The standard InChI is InChI=1S/C16H21ClFNO2/c1-19(11-12-5-6-13(17)14(18)9-12)16(10-15(20)21)7-3-2-4-8-16/h5-6,9H,2-4,7-8,10-11H2,1H3,(H,20,21). The van der Waals surface area contributed by atoms with Gasteiger partial charge in [0, 0.05) is 12.1 Å². The van der Waals surface area contributed by atoms with Crippen molar-refractivity contribution >= 4 is 17.6 Å². The van der Waals surface area contributed by atoms with E-state index < -0.39 is 11.8 Å². The average Bonchev–Trinajstić information content (AvgIpc) is 2.43. The van der Waals surface area contributed by atoms with Crippen LogP contribution in [0.5, 0.6) is 0 Å². The van der Waals surface area contributed by atoms with E-state index in [1.54, 1.807) is 12.1 Å². The minimum absolute atomic E-state index is 0.110. The third-order valence-corrected chi connectivity index (χ3v) is 4.78. The van der Waals surface area contributed by atoms with Crippen molar-refractivity contribution in [1.29, 1.82) is 0 Å². The zero-order valence-corrected chi connectivity index (χ0v) is 13.0. The summed E-state index contributed by atoms with van der Waals surface area (Å²) >= 11 is 5.70. The second kappa shape index (κ2) is 6.75. The molecule has 0 spiro atoms. The van der Waals surface area contributed by atoms with Crippen LogP contribution in [0.15, 0.2) is 18.2 Å². The number of hydrogen-bond acceptors (Lipinski definition) is 2. The predicted molar refractivity (Wildman–Crippen MR) is 80.9 cm³/mol. The van der Waals surface area contributed by atoms with Gasteiger partial charge in [0.2, 0.25) is 0 Å². The highest BCUT2D eigenvalue weighted by atomic mass is 35.5. The lowest BCUT2D eigenvalue weighted by Crippen LogP contribution is -2.49. The maximum atomic E-state index is 13.5. The third-order valence-electron chi connectivity index (χ3n) is 4.48. The topological polar surface area (TPSA) is 40.5 Å². The molecule has 21 heavy (non-hydrogen) atoms. The number of rotatable bonds is 5. The number of carbonyl (C=O) groups is 1. The summed E-state index contributed by atoms with van der Waals surface area (Å²) < 4.78 is 13.5. The Labute approximate surface area is 129 Å². The van der Waals surface area contributed by atoms with Crippen LogP contribution >= 0.6 is 11.6 Å². The van der Waals surface area contributed by atoms with Crippen LogP contribution in [0.3, 0.4) is 0 Å². The van der Waals surface area contributed by atoms with Crippen LogP contribution in [-0.4, -0.2) is 28.6 Å². The van der Waals surface area contributed by atoms with Crippen LogP contribution in [0.2, 0.25) is 5.02 Å². The molecule has 1 aliphatic rings. The van der Waals surface area contributed by atoms with Gasteiger partial charge in [0.25, 0.3) is 0 Å². The van der Waals surface area contributed by atoms with Crippen molar-refractivity contribution in [1.82, 2.24) is 4.90 Å². The van der Waals surface area contributed by atoms with Gasteiger partial charge in [0.15, 0.2) is 0 Å². The van der Waals surface area contributed by atoms with Crippen molar-refractivity contribution in [3.05, 3.63) is 34.6 Å². The number of hydrogen-bond donors (Lipinski definition) is 1. The molecule has 1 aliphatic carbocycles. The summed E-state index contributed by atoms with van der Waals surface area (Å²) in [6.07, 6.45) is 5.15. The zero-order valence-electron chi connectivity index (χ0n) is 12.2. The zero-order chi connectivity index (χ0) is 15.5. The summed E-state index contributed by atoms with van der Waals surface area (Å²) in [6.45, 7) is 0.529. The molecule has 5 heteroatoms. The molecule has 1 aromatic carbocycles. The van der Waals surface area contributed by atoms with Crippen molar-refractivity contribution in [2.24, 2.45) is 0 Å². The van der Waals surface area contributed by atoms with E-state index >= 15 is 0 Å². The highest BCUT2D eigenvalue weighted by Crippen LogP contribution is 2.36. The smallest absolute Gasteiger partial charge is 0.305 e. The molecule has 1 saturated carbocycles. The first-order valence-corrected chi connectivity index (χ1v) is 7.68. The number of carboxylic acid groups (broad SMARTS) is 1. The second-order valence-corrected chi connectivity index (χ2v) is 6.37. The molecule has 1 fully saturated rings. The van der Waals surface area contributed by atoms with E-state index in [2.05, 4.69) is 4.90 Å². The summed E-state index contributed by atoms with van der Waals surface area (Å²) in [4.78, 5) is 13.3. The minimum atomic E-state index is -0.772. The van der Waals surface area contributed by atoms with Crippen molar-refractivity contribution in [3.63, 3.8) is 0 Å². The molecule has 0 aliphatic heterocycles. The lowest BCUT2D eigenvalue weighted by Gasteiger charge is -2.44. The van der Waals surface area contributed by atoms with E-state index in [0.717, 1.165) is 37.7 Å². The normalized spacial score (nSPS) is 17.9. The highest BCUT2D eigenvalue weighted by molar-refractivity contribution is 6.30. The third kappa shape index (κ3) is 3.95. The molecule has 116 valence electrons. The molecule has 0 heterocycles. The molecule has 0 aromatic heterocycles. The summed E-state index contributed by atoms with van der Waals surface area (Å²) in [6, 6.07) is 4.76. The van der Waals surface area contributed by atoms with Crippen molar-refractivity contribution in [2.75, 3.05) is 7.05 Å². The number of aliphatic carboxylic acids is 1. The Morgan fingerprint density at radius 2 is 2.05 bits per heavy atom. The van der Waals surface area contributed by atoms with Gasteiger partial charge in [0.1, 0.15) is 5.82 Å². The van der Waals surface area contributed by atoms with Gasteiger partial charge in [-0.2, -0.15) is 0 Å². The molecule has 3 nitrogen and oxygen atoms in total. The Morgan fingerprint density at radius 1 is 1.38 bits per heavy atom. The molecule has 1 aromatic rings. The van der Waals surface area contributed by atoms with Crippen molar-refractivity contribution < 1.29 is 14.3 Å². The Morgan fingerprint density at radius 3 is 2.62 bits per heavy atom. The Bertz CT molecular complexity index is 515. The first-order chi connectivity index (χ1) is 9.93. The van der Waals surface area contributed by atoms with Gasteiger partial charge < -0.3 is 5.11 Å². The molecule has 0 atom stereocenters. The summed E-state index contributed by atoms with van der Waals surface area (Å²) in [5.41, 5.74) is 0.495. The van der Waals surface area contributed by atoms with Gasteiger partial charge in [-0.15, -0.1) is 0 Å². The first-order valence-electron chi connectivity index (χ1n) is 7.30. The fourth-order valence-corrected chi connectivity index (χ4v) is 3.38. The molecule has 0 saturated heterocycles. The number of carboxylic acids is 1. The second-order valence-electron chi connectivity index (χ2n) is 5.96. The van der Waals surface area contributed by atoms with Gasteiger partial charge in [-0.25, -0.2) is 4.39 Å². The van der Waals surface area contributed by atoms with Crippen LogP contribution in [0, 0.1) is 5.82 Å². The van der Waals surface area contributed by atoms with Crippen LogP contribution in [0.25, 0.3) is 0 Å².